The molecule has 0 saturated carbocycles. The van der Waals surface area contributed by atoms with E-state index in [0.29, 0.717) is 24.3 Å². The lowest BCUT2D eigenvalue weighted by atomic mass is 10.1. The zero-order valence-electron chi connectivity index (χ0n) is 9.90. The van der Waals surface area contributed by atoms with Crippen LogP contribution in [-0.2, 0) is 10.8 Å². The van der Waals surface area contributed by atoms with Crippen LogP contribution < -0.4 is 5.32 Å². The summed E-state index contributed by atoms with van der Waals surface area (Å²) in [5.74, 6) is 0.324. The minimum Gasteiger partial charge on any atom is -0.377 e. The number of nitrogens with zero attached hydrogens (tertiary/aromatic N) is 1. The van der Waals surface area contributed by atoms with Crippen LogP contribution in [0, 0.1) is 15.9 Å². The number of nitro groups is 1. The Morgan fingerprint density at radius 1 is 1.42 bits per heavy atom. The van der Waals surface area contributed by atoms with Crippen LogP contribution in [0.1, 0.15) is 12.8 Å². The van der Waals surface area contributed by atoms with Crippen LogP contribution in [0.4, 0.5) is 15.8 Å². The van der Waals surface area contributed by atoms with Gasteiger partial charge < -0.3 is 5.32 Å². The summed E-state index contributed by atoms with van der Waals surface area (Å²) in [7, 11) is -0.801. The monoisotopic (exact) mass is 306 g/mol. The number of nitro benzene ring substituents is 1. The highest BCUT2D eigenvalue weighted by atomic mass is 35.5. The van der Waals surface area contributed by atoms with Crippen LogP contribution in [0.5, 0.6) is 0 Å². The number of hydrogen-bond acceptors (Lipinski definition) is 4. The normalized spacial score (nSPS) is 23.1. The van der Waals surface area contributed by atoms with E-state index in [1.54, 1.807) is 0 Å². The quantitative estimate of drug-likeness (QED) is 0.688. The molecule has 5 nitrogen and oxygen atoms in total. The molecule has 0 unspecified atom stereocenters. The average Bonchev–Trinajstić information content (AvgIpc) is 2.36. The number of rotatable bonds is 3. The number of nitrogens with one attached hydrogen (secondary N) is 1. The van der Waals surface area contributed by atoms with Gasteiger partial charge in [0.15, 0.2) is 0 Å². The van der Waals surface area contributed by atoms with Crippen molar-refractivity contribution in [2.75, 3.05) is 16.8 Å². The molecule has 8 heteroatoms. The van der Waals surface area contributed by atoms with Crippen LogP contribution in [0.25, 0.3) is 0 Å². The first-order valence-electron chi connectivity index (χ1n) is 5.72. The van der Waals surface area contributed by atoms with E-state index in [1.807, 2.05) is 0 Å². The maximum absolute atomic E-state index is 13.2. The van der Waals surface area contributed by atoms with Crippen LogP contribution in [0.2, 0.25) is 5.02 Å². The Labute approximate surface area is 116 Å². The topological polar surface area (TPSA) is 72.2 Å². The fraction of sp³-hybridized carbons (Fsp3) is 0.455. The summed E-state index contributed by atoms with van der Waals surface area (Å²) in [6, 6.07) is 2.03. The van der Waals surface area contributed by atoms with E-state index in [4.69, 9.17) is 11.6 Å². The average molecular weight is 307 g/mol. The molecule has 1 aromatic carbocycles. The van der Waals surface area contributed by atoms with Crippen molar-refractivity contribution in [1.29, 1.82) is 0 Å². The zero-order chi connectivity index (χ0) is 14.0. The van der Waals surface area contributed by atoms with Crippen molar-refractivity contribution < 1.29 is 13.5 Å². The van der Waals surface area contributed by atoms with Gasteiger partial charge in [0, 0.05) is 28.3 Å². The molecule has 0 radical (unpaired) electrons. The molecule has 1 N–H and O–H groups in total. The van der Waals surface area contributed by atoms with Crippen LogP contribution in [-0.4, -0.2) is 26.7 Å². The molecule has 0 atom stereocenters. The molecule has 1 aromatic rings. The molecule has 1 saturated heterocycles. The lowest BCUT2D eigenvalue weighted by molar-refractivity contribution is -0.384. The van der Waals surface area contributed by atoms with E-state index < -0.39 is 21.5 Å². The first kappa shape index (κ1) is 14.2. The molecule has 0 amide bonds. The van der Waals surface area contributed by atoms with Gasteiger partial charge in [-0.2, -0.15) is 0 Å². The third kappa shape index (κ3) is 3.42. The summed E-state index contributed by atoms with van der Waals surface area (Å²) in [5, 5.41) is 13.7. The van der Waals surface area contributed by atoms with Gasteiger partial charge in [-0.1, -0.05) is 11.6 Å². The Bertz CT molecular complexity index is 531. The maximum Gasteiger partial charge on any atom is 0.295 e. The van der Waals surface area contributed by atoms with Gasteiger partial charge in [-0.3, -0.25) is 14.3 Å². The molecule has 1 fully saturated rings. The predicted molar refractivity (Wildman–Crippen MR) is 72.6 cm³/mol. The molecule has 19 heavy (non-hydrogen) atoms. The third-order valence-corrected chi connectivity index (χ3v) is 4.65. The molecule has 0 bridgehead atoms. The number of benzene rings is 1. The maximum atomic E-state index is 13.2. The molecule has 104 valence electrons. The molecule has 0 spiro atoms. The molecule has 1 aliphatic rings. The van der Waals surface area contributed by atoms with Gasteiger partial charge >= 0.3 is 0 Å². The van der Waals surface area contributed by atoms with E-state index in [0.717, 1.165) is 6.07 Å². The summed E-state index contributed by atoms with van der Waals surface area (Å²) in [4.78, 5) is 10.2. The summed E-state index contributed by atoms with van der Waals surface area (Å²) < 4.78 is 24.5. The van der Waals surface area contributed by atoms with Crippen molar-refractivity contribution >= 4 is 33.8 Å². The number of anilines is 1. The standard InChI is InChI=1S/C11H12ClFN2O3S/c12-8-5-10(11(15(16)17)6-9(8)13)14-7-1-3-19(18)4-2-7/h5-7,14H,1-4H2. The first-order valence-corrected chi connectivity index (χ1v) is 7.59. The van der Waals surface area contributed by atoms with Crippen molar-refractivity contribution in [2.45, 2.75) is 18.9 Å². The molecule has 0 aliphatic carbocycles. The van der Waals surface area contributed by atoms with Gasteiger partial charge in [0.05, 0.1) is 16.0 Å². The highest BCUT2D eigenvalue weighted by Crippen LogP contribution is 2.31. The lowest BCUT2D eigenvalue weighted by Gasteiger charge is -2.23. The first-order chi connectivity index (χ1) is 8.97. The van der Waals surface area contributed by atoms with E-state index in [1.165, 1.54) is 6.07 Å². The molecule has 2 rings (SSSR count). The molecule has 1 aliphatic heterocycles. The minimum atomic E-state index is -0.816. The van der Waals surface area contributed by atoms with Crippen molar-refractivity contribution in [3.63, 3.8) is 0 Å². The summed E-state index contributed by atoms with van der Waals surface area (Å²) in [5.41, 5.74) is -0.136. The Balaban J connectivity index is 2.21. The SMILES string of the molecule is O=[N+]([O-])c1cc(F)c(Cl)cc1NC1CCS(=O)CC1. The Kier molecular flexibility index (Phi) is 4.36. The molecular formula is C11H12ClFN2O3S. The Morgan fingerprint density at radius 2 is 2.05 bits per heavy atom. The van der Waals surface area contributed by atoms with Crippen LogP contribution in [0.3, 0.4) is 0 Å². The number of halogens is 2. The summed E-state index contributed by atoms with van der Waals surface area (Å²) in [6.45, 7) is 0. The highest BCUT2D eigenvalue weighted by Gasteiger charge is 2.23. The third-order valence-electron chi connectivity index (χ3n) is 2.98. The lowest BCUT2D eigenvalue weighted by Crippen LogP contribution is -2.29. The van der Waals surface area contributed by atoms with E-state index in [9.17, 15) is 18.7 Å². The van der Waals surface area contributed by atoms with Gasteiger partial charge in [0.1, 0.15) is 11.5 Å². The zero-order valence-corrected chi connectivity index (χ0v) is 11.5. The minimum absolute atomic E-state index is 0.00192. The highest BCUT2D eigenvalue weighted by molar-refractivity contribution is 7.85. The van der Waals surface area contributed by atoms with Gasteiger partial charge in [0.2, 0.25) is 0 Å². The van der Waals surface area contributed by atoms with Gasteiger partial charge in [0.25, 0.3) is 5.69 Å². The van der Waals surface area contributed by atoms with Crippen LogP contribution >= 0.6 is 11.6 Å². The van der Waals surface area contributed by atoms with Crippen molar-refractivity contribution in [2.24, 2.45) is 0 Å². The van der Waals surface area contributed by atoms with Crippen molar-refractivity contribution in [3.05, 3.63) is 33.1 Å². The second-order valence-electron chi connectivity index (χ2n) is 4.31. The number of hydrogen-bond donors (Lipinski definition) is 1. The van der Waals surface area contributed by atoms with Crippen LogP contribution in [0.15, 0.2) is 12.1 Å². The smallest absolute Gasteiger partial charge is 0.295 e. The van der Waals surface area contributed by atoms with Crippen molar-refractivity contribution in [1.82, 2.24) is 0 Å². The Morgan fingerprint density at radius 3 is 2.63 bits per heavy atom. The second kappa shape index (κ2) is 5.83. The fourth-order valence-corrected chi connectivity index (χ4v) is 3.42. The van der Waals surface area contributed by atoms with Gasteiger partial charge in [-0.05, 0) is 18.9 Å². The van der Waals surface area contributed by atoms with E-state index in [2.05, 4.69) is 5.32 Å². The largest absolute Gasteiger partial charge is 0.377 e. The van der Waals surface area contributed by atoms with E-state index in [-0.39, 0.29) is 22.4 Å². The van der Waals surface area contributed by atoms with Crippen molar-refractivity contribution in [3.8, 4) is 0 Å². The predicted octanol–water partition coefficient (Wildman–Crippen LogP) is 2.71. The van der Waals surface area contributed by atoms with Gasteiger partial charge in [-0.25, -0.2) is 4.39 Å². The summed E-state index contributed by atoms with van der Waals surface area (Å²) in [6.07, 6.45) is 1.33. The molecule has 1 heterocycles. The molecular weight excluding hydrogens is 295 g/mol. The summed E-state index contributed by atoms with van der Waals surface area (Å²) >= 11 is 5.65. The Hall–Kier alpha value is -1.21. The van der Waals surface area contributed by atoms with Gasteiger partial charge in [-0.15, -0.1) is 0 Å². The second-order valence-corrected chi connectivity index (χ2v) is 6.41. The fourth-order valence-electron chi connectivity index (χ4n) is 1.96. The molecule has 0 aromatic heterocycles. The van der Waals surface area contributed by atoms with E-state index >= 15 is 0 Å².